The zero-order valence-corrected chi connectivity index (χ0v) is 12.2. The summed E-state index contributed by atoms with van der Waals surface area (Å²) in [5.74, 6) is 4.96. The quantitative estimate of drug-likeness (QED) is 0.875. The summed E-state index contributed by atoms with van der Waals surface area (Å²) in [6.45, 7) is 2.41. The van der Waals surface area contributed by atoms with Gasteiger partial charge in [0.1, 0.15) is 12.4 Å². The first kappa shape index (κ1) is 15.1. The van der Waals surface area contributed by atoms with Crippen LogP contribution in [0.1, 0.15) is 16.7 Å². The van der Waals surface area contributed by atoms with E-state index in [0.29, 0.717) is 12.1 Å². The Morgan fingerprint density at radius 2 is 2.00 bits per heavy atom. The van der Waals surface area contributed by atoms with Crippen molar-refractivity contribution in [1.29, 1.82) is 0 Å². The normalized spacial score (nSPS) is 9.90. The molecule has 0 unspecified atom stereocenters. The van der Waals surface area contributed by atoms with Crippen LogP contribution in [0.3, 0.4) is 0 Å². The fourth-order valence-electron chi connectivity index (χ4n) is 2.19. The van der Waals surface area contributed by atoms with Gasteiger partial charge in [0.05, 0.1) is 0 Å². The third-order valence-electron chi connectivity index (χ3n) is 3.13. The summed E-state index contributed by atoms with van der Waals surface area (Å²) in [7, 11) is 1.97. The maximum Gasteiger partial charge on any atom is 0.124 e. The van der Waals surface area contributed by atoms with Crippen molar-refractivity contribution in [2.24, 2.45) is 0 Å². The number of nitrogens with zero attached hydrogens (tertiary/aromatic N) is 1. The van der Waals surface area contributed by atoms with Gasteiger partial charge in [-0.15, -0.1) is 0 Å². The van der Waals surface area contributed by atoms with Crippen LogP contribution in [0.4, 0.5) is 10.1 Å². The predicted octanol–water partition coefficient (Wildman–Crippen LogP) is 3.11. The number of aliphatic hydroxyl groups is 1. The van der Waals surface area contributed by atoms with Gasteiger partial charge in [-0.05, 0) is 48.4 Å². The van der Waals surface area contributed by atoms with E-state index in [9.17, 15) is 4.39 Å². The van der Waals surface area contributed by atoms with Crippen LogP contribution in [-0.4, -0.2) is 18.8 Å². The maximum absolute atomic E-state index is 13.6. The average Bonchev–Trinajstić information content (AvgIpc) is 2.44. The third kappa shape index (κ3) is 4.34. The van der Waals surface area contributed by atoms with E-state index in [2.05, 4.69) is 22.8 Å². The molecule has 0 fully saturated rings. The highest BCUT2D eigenvalue weighted by atomic mass is 19.1. The van der Waals surface area contributed by atoms with E-state index >= 15 is 0 Å². The molecule has 21 heavy (non-hydrogen) atoms. The Hall–Kier alpha value is -2.31. The van der Waals surface area contributed by atoms with Crippen molar-refractivity contribution in [3.05, 3.63) is 65.0 Å². The summed E-state index contributed by atoms with van der Waals surface area (Å²) in [4.78, 5) is 2.06. The lowest BCUT2D eigenvalue weighted by Gasteiger charge is -2.20. The van der Waals surface area contributed by atoms with E-state index in [-0.39, 0.29) is 12.4 Å². The van der Waals surface area contributed by atoms with Crippen LogP contribution in [0.15, 0.2) is 42.5 Å². The molecule has 0 aromatic heterocycles. The number of rotatable bonds is 3. The fraction of sp³-hybridized carbons (Fsp3) is 0.222. The summed E-state index contributed by atoms with van der Waals surface area (Å²) in [6, 6.07) is 12.9. The standard InChI is InChI=1S/C18H18FNO/c1-14-5-3-7-18(9-14)20(2)13-16-10-15(6-4-8-21)11-17(19)12-16/h3,5,7,9-12,21H,8,13H2,1-2H3. The van der Waals surface area contributed by atoms with Gasteiger partial charge in [-0.3, -0.25) is 0 Å². The highest BCUT2D eigenvalue weighted by Gasteiger charge is 2.05. The number of hydrogen-bond acceptors (Lipinski definition) is 2. The smallest absolute Gasteiger partial charge is 0.124 e. The van der Waals surface area contributed by atoms with E-state index in [1.54, 1.807) is 0 Å². The molecule has 2 nitrogen and oxygen atoms in total. The van der Waals surface area contributed by atoms with Crippen LogP contribution in [-0.2, 0) is 6.54 Å². The van der Waals surface area contributed by atoms with Crippen molar-refractivity contribution in [2.45, 2.75) is 13.5 Å². The lowest BCUT2D eigenvalue weighted by atomic mass is 10.1. The molecule has 2 aromatic rings. The molecular weight excluding hydrogens is 265 g/mol. The van der Waals surface area contributed by atoms with Crippen LogP contribution in [0.25, 0.3) is 0 Å². The Balaban J connectivity index is 2.20. The summed E-state index contributed by atoms with van der Waals surface area (Å²) in [6.07, 6.45) is 0. The van der Waals surface area contributed by atoms with Crippen LogP contribution in [0, 0.1) is 24.6 Å². The SMILES string of the molecule is Cc1cccc(N(C)Cc2cc(F)cc(C#CCO)c2)c1. The minimum absolute atomic E-state index is 0.227. The maximum atomic E-state index is 13.6. The van der Waals surface area contributed by atoms with Crippen LogP contribution < -0.4 is 4.90 Å². The first-order valence-electron chi connectivity index (χ1n) is 6.75. The molecule has 108 valence electrons. The molecule has 3 heteroatoms. The molecule has 0 heterocycles. The number of hydrogen-bond donors (Lipinski definition) is 1. The van der Waals surface area contributed by atoms with Gasteiger partial charge >= 0.3 is 0 Å². The van der Waals surface area contributed by atoms with Gasteiger partial charge < -0.3 is 10.0 Å². The zero-order chi connectivity index (χ0) is 15.2. The van der Waals surface area contributed by atoms with Crippen molar-refractivity contribution in [3.8, 4) is 11.8 Å². The van der Waals surface area contributed by atoms with E-state index < -0.39 is 0 Å². The fourth-order valence-corrected chi connectivity index (χ4v) is 2.19. The number of aliphatic hydroxyl groups excluding tert-OH is 1. The molecule has 1 N–H and O–H groups in total. The van der Waals surface area contributed by atoms with Crippen molar-refractivity contribution in [1.82, 2.24) is 0 Å². The Morgan fingerprint density at radius 3 is 2.71 bits per heavy atom. The molecule has 0 saturated carbocycles. The van der Waals surface area contributed by atoms with Crippen molar-refractivity contribution in [2.75, 3.05) is 18.6 Å². The van der Waals surface area contributed by atoms with Gasteiger partial charge in [0.15, 0.2) is 0 Å². The van der Waals surface area contributed by atoms with Crippen molar-refractivity contribution in [3.63, 3.8) is 0 Å². The molecule has 0 radical (unpaired) electrons. The first-order chi connectivity index (χ1) is 10.1. The predicted molar refractivity (Wildman–Crippen MR) is 83.6 cm³/mol. The van der Waals surface area contributed by atoms with Gasteiger partial charge in [0.25, 0.3) is 0 Å². The van der Waals surface area contributed by atoms with E-state index in [1.807, 2.05) is 38.2 Å². The minimum Gasteiger partial charge on any atom is -0.384 e. The lowest BCUT2D eigenvalue weighted by Crippen LogP contribution is -2.16. The minimum atomic E-state index is -0.313. The topological polar surface area (TPSA) is 23.5 Å². The summed E-state index contributed by atoms with van der Waals surface area (Å²) in [5.41, 5.74) is 3.70. The Morgan fingerprint density at radius 1 is 1.19 bits per heavy atom. The second kappa shape index (κ2) is 6.92. The molecule has 0 aliphatic rings. The molecule has 2 aromatic carbocycles. The number of aryl methyl sites for hydroxylation is 1. The van der Waals surface area contributed by atoms with Gasteiger partial charge in [-0.1, -0.05) is 24.0 Å². The van der Waals surface area contributed by atoms with Crippen molar-refractivity contribution >= 4 is 5.69 Å². The monoisotopic (exact) mass is 283 g/mol. The third-order valence-corrected chi connectivity index (χ3v) is 3.13. The largest absolute Gasteiger partial charge is 0.384 e. The molecule has 0 bridgehead atoms. The number of benzene rings is 2. The van der Waals surface area contributed by atoms with Crippen molar-refractivity contribution < 1.29 is 9.50 Å². The summed E-state index contributed by atoms with van der Waals surface area (Å²) in [5, 5.41) is 8.71. The Labute approximate surface area is 124 Å². The molecule has 2 rings (SSSR count). The molecule has 0 amide bonds. The lowest BCUT2D eigenvalue weighted by molar-refractivity contribution is 0.350. The highest BCUT2D eigenvalue weighted by Crippen LogP contribution is 2.18. The van der Waals surface area contributed by atoms with Gasteiger partial charge in [0.2, 0.25) is 0 Å². The summed E-state index contributed by atoms with van der Waals surface area (Å²) < 4.78 is 13.6. The van der Waals surface area contributed by atoms with E-state index in [4.69, 9.17) is 5.11 Å². The summed E-state index contributed by atoms with van der Waals surface area (Å²) >= 11 is 0. The molecule has 0 spiro atoms. The van der Waals surface area contributed by atoms with E-state index in [1.165, 1.54) is 17.7 Å². The number of halogens is 1. The van der Waals surface area contributed by atoms with Crippen LogP contribution in [0.5, 0.6) is 0 Å². The van der Waals surface area contributed by atoms with Crippen LogP contribution in [0.2, 0.25) is 0 Å². The van der Waals surface area contributed by atoms with Gasteiger partial charge in [-0.25, -0.2) is 4.39 Å². The van der Waals surface area contributed by atoms with E-state index in [0.717, 1.165) is 11.3 Å². The molecular formula is C18H18FNO. The Bertz CT molecular complexity index is 685. The zero-order valence-electron chi connectivity index (χ0n) is 12.2. The first-order valence-corrected chi connectivity index (χ1v) is 6.75. The molecule has 0 aliphatic heterocycles. The second-order valence-electron chi connectivity index (χ2n) is 5.00. The molecule has 0 atom stereocenters. The highest BCUT2D eigenvalue weighted by molar-refractivity contribution is 5.48. The second-order valence-corrected chi connectivity index (χ2v) is 5.00. The average molecular weight is 283 g/mol. The Kier molecular flexibility index (Phi) is 4.97. The molecule has 0 aliphatic carbocycles. The van der Waals surface area contributed by atoms with Crippen LogP contribution >= 0.6 is 0 Å². The van der Waals surface area contributed by atoms with Gasteiger partial charge in [-0.2, -0.15) is 0 Å². The molecule has 0 saturated heterocycles. The van der Waals surface area contributed by atoms with Gasteiger partial charge in [0, 0.05) is 24.8 Å². The number of anilines is 1.